The van der Waals surface area contributed by atoms with Gasteiger partial charge in [-0.2, -0.15) is 22.0 Å². The zero-order valence-corrected chi connectivity index (χ0v) is 15.9. The predicted octanol–water partition coefficient (Wildman–Crippen LogP) is 2.68. The molecule has 0 bridgehead atoms. The van der Waals surface area contributed by atoms with Crippen LogP contribution in [0.15, 0.2) is 27.8 Å². The molecule has 3 rings (SSSR count). The predicted molar refractivity (Wildman–Crippen MR) is 93.4 cm³/mol. The van der Waals surface area contributed by atoms with Gasteiger partial charge >= 0.3 is 17.1 Å². The molecule has 0 radical (unpaired) electrons. The number of alkyl halides is 5. The number of benzene rings is 1. The Hall–Kier alpha value is -2.90. The molecular formula is C16H11F6N3O4S. The Morgan fingerprint density at radius 1 is 1.03 bits per heavy atom. The molecule has 0 fully saturated rings. The van der Waals surface area contributed by atoms with Crippen LogP contribution in [0.3, 0.4) is 0 Å². The van der Waals surface area contributed by atoms with E-state index in [0.29, 0.717) is 23.4 Å². The van der Waals surface area contributed by atoms with Gasteiger partial charge in [0.15, 0.2) is 12.4 Å². The Morgan fingerprint density at radius 2 is 1.67 bits per heavy atom. The molecule has 2 aromatic rings. The standard InChI is InChI=1S/C16H11F6N3O4S/c1-15(18,19)30-25-9-4-8(7(17)3-10(9)29-6-13(25)27)24-12(26)5-11(16(20,21)22)23(2)14(24)28/h3-5H,6H2,1-2H3. The highest BCUT2D eigenvalue weighted by atomic mass is 32.2. The molecule has 0 saturated carbocycles. The van der Waals surface area contributed by atoms with E-state index in [-0.39, 0.29) is 32.9 Å². The normalized spacial score (nSPS) is 14.5. The van der Waals surface area contributed by atoms with Crippen molar-refractivity contribution in [3.63, 3.8) is 0 Å². The summed E-state index contributed by atoms with van der Waals surface area (Å²) in [5.41, 5.74) is -5.84. The van der Waals surface area contributed by atoms with Crippen molar-refractivity contribution in [2.24, 2.45) is 7.05 Å². The van der Waals surface area contributed by atoms with E-state index in [1.807, 2.05) is 0 Å². The zero-order chi connectivity index (χ0) is 22.6. The number of hydrogen-bond donors (Lipinski definition) is 0. The second-order valence-electron chi connectivity index (χ2n) is 6.19. The van der Waals surface area contributed by atoms with Crippen LogP contribution in [0.25, 0.3) is 5.69 Å². The van der Waals surface area contributed by atoms with Gasteiger partial charge < -0.3 is 4.74 Å². The molecule has 162 valence electrons. The lowest BCUT2D eigenvalue weighted by molar-refractivity contribution is -0.144. The summed E-state index contributed by atoms with van der Waals surface area (Å²) in [5.74, 6) is -2.51. The average Bonchev–Trinajstić information content (AvgIpc) is 2.59. The van der Waals surface area contributed by atoms with Gasteiger partial charge in [-0.1, -0.05) is 0 Å². The summed E-state index contributed by atoms with van der Waals surface area (Å²) in [6.07, 6.45) is -5.03. The molecule has 2 heterocycles. The van der Waals surface area contributed by atoms with Crippen molar-refractivity contribution in [1.29, 1.82) is 0 Å². The Balaban J connectivity index is 2.25. The van der Waals surface area contributed by atoms with Crippen LogP contribution in [-0.4, -0.2) is 26.9 Å². The van der Waals surface area contributed by atoms with Crippen LogP contribution in [0.4, 0.5) is 32.0 Å². The quantitative estimate of drug-likeness (QED) is 0.526. The number of carbonyl (C=O) groups is 1. The molecule has 0 unspecified atom stereocenters. The Labute approximate surface area is 167 Å². The van der Waals surface area contributed by atoms with Crippen molar-refractivity contribution < 1.29 is 35.9 Å². The molecule has 1 amide bonds. The van der Waals surface area contributed by atoms with E-state index in [0.717, 1.165) is 7.05 Å². The number of ether oxygens (including phenoxy) is 1. The van der Waals surface area contributed by atoms with Crippen molar-refractivity contribution in [2.45, 2.75) is 18.4 Å². The summed E-state index contributed by atoms with van der Waals surface area (Å²) in [6.45, 7) is -0.169. The number of aromatic nitrogens is 2. The molecule has 0 spiro atoms. The first-order chi connectivity index (χ1) is 13.7. The van der Waals surface area contributed by atoms with E-state index < -0.39 is 58.1 Å². The van der Waals surface area contributed by atoms with Crippen LogP contribution in [0.1, 0.15) is 12.6 Å². The maximum absolute atomic E-state index is 14.6. The lowest BCUT2D eigenvalue weighted by Crippen LogP contribution is -2.41. The van der Waals surface area contributed by atoms with Gasteiger partial charge in [-0.25, -0.2) is 18.1 Å². The fourth-order valence-corrected chi connectivity index (χ4v) is 3.41. The lowest BCUT2D eigenvalue weighted by atomic mass is 10.2. The molecule has 7 nitrogen and oxygen atoms in total. The number of halogens is 6. The number of amides is 1. The van der Waals surface area contributed by atoms with Gasteiger partial charge in [-0.3, -0.25) is 14.2 Å². The van der Waals surface area contributed by atoms with Gasteiger partial charge in [0.2, 0.25) is 0 Å². The summed E-state index contributed by atoms with van der Waals surface area (Å²) in [6, 6.07) is 1.44. The minimum absolute atomic E-state index is 0.0919. The number of anilines is 1. The van der Waals surface area contributed by atoms with Crippen molar-refractivity contribution in [3.8, 4) is 11.4 Å². The molecule has 0 N–H and O–H groups in total. The summed E-state index contributed by atoms with van der Waals surface area (Å²) >= 11 is -0.216. The fourth-order valence-electron chi connectivity index (χ4n) is 2.69. The Kier molecular flexibility index (Phi) is 5.16. The number of hydrogen-bond acceptors (Lipinski definition) is 5. The molecule has 30 heavy (non-hydrogen) atoms. The third-order valence-electron chi connectivity index (χ3n) is 3.93. The van der Waals surface area contributed by atoms with Crippen LogP contribution in [0.5, 0.6) is 5.75 Å². The minimum atomic E-state index is -5.03. The zero-order valence-electron chi connectivity index (χ0n) is 15.1. The van der Waals surface area contributed by atoms with Crippen molar-refractivity contribution in [3.05, 3.63) is 50.5 Å². The molecule has 0 saturated heterocycles. The van der Waals surface area contributed by atoms with E-state index in [4.69, 9.17) is 4.74 Å². The highest BCUT2D eigenvalue weighted by Gasteiger charge is 2.37. The Bertz CT molecular complexity index is 1150. The molecule has 1 aliphatic heterocycles. The largest absolute Gasteiger partial charge is 0.481 e. The van der Waals surface area contributed by atoms with Crippen LogP contribution < -0.4 is 20.3 Å². The van der Waals surface area contributed by atoms with Gasteiger partial charge in [-0.05, 0) is 6.07 Å². The number of carbonyl (C=O) groups excluding carboxylic acids is 1. The average molecular weight is 455 g/mol. The van der Waals surface area contributed by atoms with Crippen LogP contribution in [-0.2, 0) is 18.0 Å². The van der Waals surface area contributed by atoms with Gasteiger partial charge in [0, 0.05) is 38.1 Å². The van der Waals surface area contributed by atoms with Crippen LogP contribution >= 0.6 is 11.9 Å². The van der Waals surface area contributed by atoms with E-state index in [9.17, 15) is 40.7 Å². The Morgan fingerprint density at radius 3 is 2.23 bits per heavy atom. The molecule has 1 aliphatic rings. The third kappa shape index (κ3) is 3.91. The second-order valence-corrected chi connectivity index (χ2v) is 7.45. The maximum atomic E-state index is 14.6. The van der Waals surface area contributed by atoms with Crippen LogP contribution in [0, 0.1) is 5.82 Å². The summed E-state index contributed by atoms with van der Waals surface area (Å²) in [7, 11) is 0.726. The number of nitrogens with zero attached hydrogens (tertiary/aromatic N) is 3. The molecule has 1 aromatic carbocycles. The van der Waals surface area contributed by atoms with E-state index >= 15 is 0 Å². The first-order valence-electron chi connectivity index (χ1n) is 7.97. The fraction of sp³-hybridized carbons (Fsp3) is 0.312. The third-order valence-corrected chi connectivity index (χ3v) is 4.83. The SMILES string of the molecule is Cn1c(C(F)(F)F)cc(=O)n(-c2cc3c(cc2F)OCC(=O)N3SC(C)(F)F)c1=O. The number of rotatable bonds is 3. The summed E-state index contributed by atoms with van der Waals surface area (Å²) in [5, 5.41) is -3.43. The van der Waals surface area contributed by atoms with Crippen molar-refractivity contribution >= 4 is 23.5 Å². The van der Waals surface area contributed by atoms with E-state index in [2.05, 4.69) is 0 Å². The van der Waals surface area contributed by atoms with Crippen molar-refractivity contribution in [1.82, 2.24) is 9.13 Å². The van der Waals surface area contributed by atoms with Gasteiger partial charge in [-0.15, -0.1) is 0 Å². The van der Waals surface area contributed by atoms with E-state index in [1.54, 1.807) is 0 Å². The highest BCUT2D eigenvalue weighted by Crippen LogP contribution is 2.43. The first-order valence-corrected chi connectivity index (χ1v) is 8.75. The molecule has 0 aliphatic carbocycles. The van der Waals surface area contributed by atoms with E-state index in [1.165, 1.54) is 0 Å². The van der Waals surface area contributed by atoms with Gasteiger partial charge in [0.25, 0.3) is 11.5 Å². The molecule has 1 aromatic heterocycles. The molecule has 0 atom stereocenters. The lowest BCUT2D eigenvalue weighted by Gasteiger charge is -2.30. The monoisotopic (exact) mass is 455 g/mol. The minimum Gasteiger partial charge on any atom is -0.481 e. The molecular weight excluding hydrogens is 444 g/mol. The van der Waals surface area contributed by atoms with Crippen molar-refractivity contribution in [2.75, 3.05) is 10.9 Å². The maximum Gasteiger partial charge on any atom is 0.431 e. The smallest absolute Gasteiger partial charge is 0.431 e. The molecule has 14 heteroatoms. The topological polar surface area (TPSA) is 73.5 Å². The first kappa shape index (κ1) is 21.8. The van der Waals surface area contributed by atoms with Gasteiger partial charge in [0.1, 0.15) is 11.4 Å². The van der Waals surface area contributed by atoms with Gasteiger partial charge in [0.05, 0.1) is 11.4 Å². The number of fused-ring (bicyclic) bond motifs is 1. The highest BCUT2D eigenvalue weighted by molar-refractivity contribution is 8.02. The van der Waals surface area contributed by atoms with Crippen LogP contribution in [0.2, 0.25) is 0 Å². The summed E-state index contributed by atoms with van der Waals surface area (Å²) < 4.78 is 86.1. The second kappa shape index (κ2) is 7.11. The summed E-state index contributed by atoms with van der Waals surface area (Å²) in [4.78, 5) is 36.6.